The Morgan fingerprint density at radius 2 is 2.06 bits per heavy atom. The van der Waals surface area contributed by atoms with E-state index in [4.69, 9.17) is 5.73 Å². The second kappa shape index (κ2) is 4.49. The molecule has 0 bridgehead atoms. The summed E-state index contributed by atoms with van der Waals surface area (Å²) in [6, 6.07) is 5.23. The summed E-state index contributed by atoms with van der Waals surface area (Å²) < 4.78 is 36.1. The Labute approximate surface area is 101 Å². The Morgan fingerprint density at radius 3 is 2.72 bits per heavy atom. The number of hydrogen-bond acceptors (Lipinski definition) is 4. The summed E-state index contributed by atoms with van der Waals surface area (Å²) in [6.07, 6.45) is -4.46. The van der Waals surface area contributed by atoms with Gasteiger partial charge in [0, 0.05) is 12.2 Å². The van der Waals surface area contributed by atoms with Crippen molar-refractivity contribution in [1.82, 2.24) is 5.06 Å². The molecule has 1 aromatic rings. The molecule has 0 saturated heterocycles. The molecule has 1 aliphatic heterocycles. The second-order valence-electron chi connectivity index (χ2n) is 4.02. The van der Waals surface area contributed by atoms with Crippen LogP contribution in [0.1, 0.15) is 11.1 Å². The highest BCUT2D eigenvalue weighted by Crippen LogP contribution is 2.23. The maximum Gasteiger partial charge on any atom is 0.492 e. The summed E-state index contributed by atoms with van der Waals surface area (Å²) in [5.74, 6) is -2.20. The van der Waals surface area contributed by atoms with Gasteiger partial charge in [-0.15, -0.1) is 5.06 Å². The first-order valence-electron chi connectivity index (χ1n) is 5.27. The lowest BCUT2D eigenvalue weighted by Crippen LogP contribution is -2.37. The average Bonchev–Trinajstić information content (AvgIpc) is 2.27. The highest BCUT2D eigenvalue weighted by Gasteiger charge is 2.42. The molecule has 0 radical (unpaired) electrons. The first kappa shape index (κ1) is 12.7. The fourth-order valence-electron chi connectivity index (χ4n) is 1.80. The molecule has 98 valence electrons. The summed E-state index contributed by atoms with van der Waals surface area (Å²) in [5.41, 5.74) is 7.89. The number of fused-ring (bicyclic) bond motifs is 1. The van der Waals surface area contributed by atoms with Crippen molar-refractivity contribution < 1.29 is 22.8 Å². The molecule has 0 unspecified atom stereocenters. The zero-order chi connectivity index (χ0) is 13.3. The van der Waals surface area contributed by atoms with Crippen LogP contribution in [0.25, 0.3) is 0 Å². The molecule has 7 heteroatoms. The number of alkyl halides is 3. The number of carbonyl (C=O) groups excluding carboxylic acids is 1. The summed E-state index contributed by atoms with van der Waals surface area (Å²) >= 11 is 0. The number of carbonyl (C=O) groups is 1. The Kier molecular flexibility index (Phi) is 3.16. The first-order valence-corrected chi connectivity index (χ1v) is 5.27. The van der Waals surface area contributed by atoms with Crippen molar-refractivity contribution in [2.24, 2.45) is 0 Å². The summed E-state index contributed by atoms with van der Waals surface area (Å²) in [4.78, 5) is 15.0. The molecule has 0 fully saturated rings. The van der Waals surface area contributed by atoms with Crippen molar-refractivity contribution in [2.45, 2.75) is 19.1 Å². The Morgan fingerprint density at radius 1 is 1.33 bits per heavy atom. The standard InChI is InChI=1S/C11H11F3N2O2/c12-11(13,14)10(17)18-16-4-3-7-1-2-9(15)5-8(7)6-16/h1-2,5H,3-4,6,15H2. The van der Waals surface area contributed by atoms with E-state index in [0.717, 1.165) is 16.2 Å². The van der Waals surface area contributed by atoms with Crippen LogP contribution in [0, 0.1) is 0 Å². The lowest BCUT2D eigenvalue weighted by atomic mass is 10.0. The van der Waals surface area contributed by atoms with Crippen LogP contribution in [-0.4, -0.2) is 23.8 Å². The van der Waals surface area contributed by atoms with Crippen molar-refractivity contribution in [3.8, 4) is 0 Å². The molecule has 0 spiro atoms. The van der Waals surface area contributed by atoms with Crippen molar-refractivity contribution in [2.75, 3.05) is 12.3 Å². The molecule has 1 heterocycles. The fourth-order valence-corrected chi connectivity index (χ4v) is 1.80. The molecule has 0 aromatic heterocycles. The average molecular weight is 260 g/mol. The van der Waals surface area contributed by atoms with Crippen LogP contribution >= 0.6 is 0 Å². The molecule has 0 amide bonds. The molecule has 2 rings (SSSR count). The maximum atomic E-state index is 12.0. The van der Waals surface area contributed by atoms with Crippen molar-refractivity contribution in [3.05, 3.63) is 29.3 Å². The zero-order valence-corrected chi connectivity index (χ0v) is 9.33. The number of nitrogens with two attached hydrogens (primary N) is 1. The number of rotatable bonds is 1. The quantitative estimate of drug-likeness (QED) is 0.780. The predicted octanol–water partition coefficient (Wildman–Crippen LogP) is 1.65. The molecular formula is C11H11F3N2O2. The van der Waals surface area contributed by atoms with Crippen LogP contribution in [0.2, 0.25) is 0 Å². The van der Waals surface area contributed by atoms with Crippen LogP contribution in [0.3, 0.4) is 0 Å². The van der Waals surface area contributed by atoms with Gasteiger partial charge in [-0.3, -0.25) is 0 Å². The molecule has 2 N–H and O–H groups in total. The van der Waals surface area contributed by atoms with E-state index in [9.17, 15) is 18.0 Å². The third-order valence-electron chi connectivity index (χ3n) is 2.65. The third-order valence-corrected chi connectivity index (χ3v) is 2.65. The van der Waals surface area contributed by atoms with E-state index >= 15 is 0 Å². The first-order chi connectivity index (χ1) is 8.36. The van der Waals surface area contributed by atoms with E-state index in [1.54, 1.807) is 12.1 Å². The number of nitrogens with zero attached hydrogens (tertiary/aromatic N) is 1. The monoisotopic (exact) mass is 260 g/mol. The van der Waals surface area contributed by atoms with E-state index in [1.807, 2.05) is 6.07 Å². The van der Waals surface area contributed by atoms with Crippen molar-refractivity contribution in [1.29, 1.82) is 0 Å². The number of benzene rings is 1. The number of anilines is 1. The SMILES string of the molecule is Nc1ccc2c(c1)CN(OC(=O)C(F)(F)F)CC2. The van der Waals surface area contributed by atoms with Crippen molar-refractivity contribution >= 4 is 11.7 Å². The van der Waals surface area contributed by atoms with Crippen LogP contribution in [0.4, 0.5) is 18.9 Å². The normalized spacial score (nSPS) is 16.2. The van der Waals surface area contributed by atoms with Gasteiger partial charge >= 0.3 is 12.1 Å². The maximum absolute atomic E-state index is 12.0. The van der Waals surface area contributed by atoms with Crippen LogP contribution in [0.5, 0.6) is 0 Å². The minimum absolute atomic E-state index is 0.113. The van der Waals surface area contributed by atoms with E-state index in [1.165, 1.54) is 0 Å². The van der Waals surface area contributed by atoms with Gasteiger partial charge in [0.05, 0.1) is 6.54 Å². The van der Waals surface area contributed by atoms with Gasteiger partial charge in [0.2, 0.25) is 0 Å². The van der Waals surface area contributed by atoms with Gasteiger partial charge in [0.15, 0.2) is 0 Å². The zero-order valence-electron chi connectivity index (χ0n) is 9.33. The van der Waals surface area contributed by atoms with Crippen LogP contribution < -0.4 is 5.73 Å². The smallest absolute Gasteiger partial charge is 0.399 e. The number of hydroxylamine groups is 2. The molecule has 0 saturated carbocycles. The van der Waals surface area contributed by atoms with E-state index in [0.29, 0.717) is 12.1 Å². The topological polar surface area (TPSA) is 55.6 Å². The van der Waals surface area contributed by atoms with Crippen LogP contribution in [0.15, 0.2) is 18.2 Å². The highest BCUT2D eigenvalue weighted by atomic mass is 19.4. The highest BCUT2D eigenvalue weighted by molar-refractivity contribution is 5.75. The largest absolute Gasteiger partial charge is 0.492 e. The van der Waals surface area contributed by atoms with Gasteiger partial charge in [-0.25, -0.2) is 4.79 Å². The van der Waals surface area contributed by atoms with Crippen molar-refractivity contribution in [3.63, 3.8) is 0 Å². The van der Waals surface area contributed by atoms with E-state index < -0.39 is 12.1 Å². The van der Waals surface area contributed by atoms with Gasteiger partial charge in [0.25, 0.3) is 0 Å². The van der Waals surface area contributed by atoms with Crippen LogP contribution in [-0.2, 0) is 22.6 Å². The predicted molar refractivity (Wildman–Crippen MR) is 57.1 cm³/mol. The summed E-state index contributed by atoms with van der Waals surface area (Å²) in [6.45, 7) is 0.348. The van der Waals surface area contributed by atoms with Gasteiger partial charge in [-0.1, -0.05) is 6.07 Å². The third kappa shape index (κ3) is 2.73. The molecule has 4 nitrogen and oxygen atoms in total. The molecule has 1 aliphatic rings. The van der Waals surface area contributed by atoms with Gasteiger partial charge < -0.3 is 10.6 Å². The minimum atomic E-state index is -4.98. The lowest BCUT2D eigenvalue weighted by Gasteiger charge is -2.27. The number of nitrogen functional groups attached to an aromatic ring is 1. The Hall–Kier alpha value is -1.76. The molecule has 18 heavy (non-hydrogen) atoms. The second-order valence-corrected chi connectivity index (χ2v) is 4.02. The van der Waals surface area contributed by atoms with E-state index in [2.05, 4.69) is 4.84 Å². The fraction of sp³-hybridized carbons (Fsp3) is 0.364. The number of hydrogen-bond donors (Lipinski definition) is 1. The van der Waals surface area contributed by atoms with E-state index in [-0.39, 0.29) is 13.1 Å². The molecule has 0 atom stereocenters. The van der Waals surface area contributed by atoms with Gasteiger partial charge in [-0.2, -0.15) is 13.2 Å². The lowest BCUT2D eigenvalue weighted by molar-refractivity contribution is -0.241. The molecular weight excluding hydrogens is 249 g/mol. The minimum Gasteiger partial charge on any atom is -0.399 e. The summed E-state index contributed by atoms with van der Waals surface area (Å²) in [5, 5.41) is 0.998. The molecule has 1 aromatic carbocycles. The molecule has 0 aliphatic carbocycles. The summed E-state index contributed by atoms with van der Waals surface area (Å²) in [7, 11) is 0. The Balaban J connectivity index is 2.06. The number of halogens is 3. The Bertz CT molecular complexity index is 474. The van der Waals surface area contributed by atoms with Gasteiger partial charge in [0.1, 0.15) is 0 Å². The van der Waals surface area contributed by atoms with Gasteiger partial charge in [-0.05, 0) is 29.7 Å².